The third kappa shape index (κ3) is 4.15. The maximum Gasteiger partial charge on any atom is 0.254 e. The molecule has 1 fully saturated rings. The van der Waals surface area contributed by atoms with Gasteiger partial charge < -0.3 is 9.80 Å². The van der Waals surface area contributed by atoms with Crippen LogP contribution in [0, 0.1) is 0 Å². The van der Waals surface area contributed by atoms with E-state index in [-0.39, 0.29) is 10.8 Å². The number of amides is 1. The van der Waals surface area contributed by atoms with E-state index >= 15 is 0 Å². The minimum absolute atomic E-state index is 0.101. The van der Waals surface area contributed by atoms with Crippen molar-refractivity contribution in [2.45, 2.75) is 11.4 Å². The van der Waals surface area contributed by atoms with Gasteiger partial charge in [-0.1, -0.05) is 6.07 Å². The molecule has 0 atom stereocenters. The van der Waals surface area contributed by atoms with Gasteiger partial charge in [-0.05, 0) is 35.0 Å². The number of thiophene rings is 1. The number of rotatable bonds is 5. The van der Waals surface area contributed by atoms with Crippen LogP contribution in [0.15, 0.2) is 46.0 Å². The van der Waals surface area contributed by atoms with E-state index in [0.717, 1.165) is 23.9 Å². The van der Waals surface area contributed by atoms with Crippen LogP contribution in [0.2, 0.25) is 0 Å². The van der Waals surface area contributed by atoms with Crippen LogP contribution in [0.25, 0.3) is 0 Å². The largest absolute Gasteiger partial charge is 0.328 e. The number of sulfonamides is 1. The number of hydrogen-bond acceptors (Lipinski definition) is 4. The first-order valence-corrected chi connectivity index (χ1v) is 10.9. The van der Waals surface area contributed by atoms with E-state index < -0.39 is 10.0 Å². The second-order valence-electron chi connectivity index (χ2n) is 6.67. The molecule has 1 aliphatic rings. The van der Waals surface area contributed by atoms with Crippen LogP contribution in [0.3, 0.4) is 0 Å². The third-order valence-electron chi connectivity index (χ3n) is 4.65. The fourth-order valence-electron chi connectivity index (χ4n) is 3.07. The van der Waals surface area contributed by atoms with E-state index in [2.05, 4.69) is 16.8 Å². The average molecular weight is 395 g/mol. The predicted molar refractivity (Wildman–Crippen MR) is 102 cm³/mol. The Morgan fingerprint density at radius 1 is 1.23 bits per heavy atom. The van der Waals surface area contributed by atoms with Gasteiger partial charge in [-0.15, -0.1) is 0 Å². The van der Waals surface area contributed by atoms with Gasteiger partial charge in [0.2, 0.25) is 10.0 Å². The second kappa shape index (κ2) is 7.87. The number of nitrogens with zero attached hydrogens (tertiary/aromatic N) is 2. The van der Waals surface area contributed by atoms with E-state index in [4.69, 9.17) is 0 Å². The van der Waals surface area contributed by atoms with Crippen molar-refractivity contribution in [1.82, 2.24) is 9.21 Å². The van der Waals surface area contributed by atoms with Gasteiger partial charge in [-0.25, -0.2) is 12.7 Å². The van der Waals surface area contributed by atoms with Crippen LogP contribution in [0.4, 0.5) is 0 Å². The van der Waals surface area contributed by atoms with Crippen molar-refractivity contribution < 1.29 is 18.1 Å². The summed E-state index contributed by atoms with van der Waals surface area (Å²) in [4.78, 5) is 16.2. The summed E-state index contributed by atoms with van der Waals surface area (Å²) in [5.41, 5.74) is 1.76. The summed E-state index contributed by atoms with van der Waals surface area (Å²) >= 11 is 1.71. The zero-order valence-corrected chi connectivity index (χ0v) is 16.6. The Labute approximate surface area is 158 Å². The van der Waals surface area contributed by atoms with Crippen molar-refractivity contribution in [2.75, 3.05) is 40.3 Å². The highest BCUT2D eigenvalue weighted by atomic mass is 32.2. The molecule has 1 saturated heterocycles. The van der Waals surface area contributed by atoms with Crippen molar-refractivity contribution in [3.8, 4) is 0 Å². The summed E-state index contributed by atoms with van der Waals surface area (Å²) in [5, 5.41) is 4.25. The fraction of sp³-hybridized carbons (Fsp3) is 0.389. The standard InChI is InChI=1S/C18H23N3O3S2/c1-19(2)26(23,24)17-5-3-4-16(12-17)18(22)21-9-7-20(8-10-21)13-15-6-11-25-14-15/h3-6,11-12,14H,7-10,13H2,1-2H3/p+1. The van der Waals surface area contributed by atoms with Crippen molar-refractivity contribution in [3.63, 3.8) is 0 Å². The fourth-order valence-corrected chi connectivity index (χ4v) is 4.68. The molecule has 0 unspecified atom stereocenters. The molecule has 0 radical (unpaired) electrons. The van der Waals surface area contributed by atoms with Gasteiger partial charge in [0.25, 0.3) is 5.91 Å². The van der Waals surface area contributed by atoms with Gasteiger partial charge in [0.05, 0.1) is 31.1 Å². The Balaban J connectivity index is 1.65. The third-order valence-corrected chi connectivity index (χ3v) is 7.19. The monoisotopic (exact) mass is 394 g/mol. The lowest BCUT2D eigenvalue weighted by molar-refractivity contribution is -0.917. The van der Waals surface area contributed by atoms with E-state index in [9.17, 15) is 13.2 Å². The molecular formula is C18H24N3O3S2+. The zero-order valence-electron chi connectivity index (χ0n) is 15.0. The molecule has 1 aliphatic heterocycles. The number of benzene rings is 1. The van der Waals surface area contributed by atoms with Crippen LogP contribution in [-0.2, 0) is 16.6 Å². The summed E-state index contributed by atoms with van der Waals surface area (Å²) in [6.45, 7) is 4.16. The molecule has 1 amide bonds. The van der Waals surface area contributed by atoms with Crippen LogP contribution in [0.5, 0.6) is 0 Å². The maximum absolute atomic E-state index is 12.8. The van der Waals surface area contributed by atoms with Gasteiger partial charge >= 0.3 is 0 Å². The number of piperazine rings is 1. The molecule has 3 rings (SSSR count). The lowest BCUT2D eigenvalue weighted by atomic mass is 10.1. The van der Waals surface area contributed by atoms with Gasteiger partial charge in [0.15, 0.2) is 0 Å². The lowest BCUT2D eigenvalue weighted by Gasteiger charge is -2.32. The smallest absolute Gasteiger partial charge is 0.254 e. The van der Waals surface area contributed by atoms with Gasteiger partial charge in [-0.2, -0.15) is 11.3 Å². The molecule has 2 heterocycles. The van der Waals surface area contributed by atoms with E-state index in [1.165, 1.54) is 36.7 Å². The molecule has 0 bridgehead atoms. The van der Waals surface area contributed by atoms with Crippen molar-refractivity contribution in [3.05, 3.63) is 52.2 Å². The molecule has 1 N–H and O–H groups in total. The Kier molecular flexibility index (Phi) is 5.76. The molecule has 0 spiro atoms. The highest BCUT2D eigenvalue weighted by Crippen LogP contribution is 2.16. The highest BCUT2D eigenvalue weighted by molar-refractivity contribution is 7.89. The number of nitrogens with one attached hydrogen (secondary N) is 1. The van der Waals surface area contributed by atoms with Gasteiger partial charge in [0.1, 0.15) is 6.54 Å². The van der Waals surface area contributed by atoms with Gasteiger partial charge in [0, 0.05) is 25.2 Å². The highest BCUT2D eigenvalue weighted by Gasteiger charge is 2.26. The van der Waals surface area contributed by atoms with Crippen molar-refractivity contribution >= 4 is 27.3 Å². The molecular weight excluding hydrogens is 370 g/mol. The molecule has 140 valence electrons. The first-order chi connectivity index (χ1) is 12.4. The molecule has 2 aromatic rings. The Bertz CT molecular complexity index is 856. The van der Waals surface area contributed by atoms with Crippen LogP contribution in [-0.4, -0.2) is 63.8 Å². The summed E-state index contributed by atoms with van der Waals surface area (Å²) in [5.74, 6) is -0.101. The maximum atomic E-state index is 12.8. The zero-order chi connectivity index (χ0) is 18.7. The normalized spacial score (nSPS) is 16.2. The van der Waals surface area contributed by atoms with E-state index in [1.54, 1.807) is 23.5 Å². The molecule has 6 nitrogen and oxygen atoms in total. The van der Waals surface area contributed by atoms with Crippen molar-refractivity contribution in [1.29, 1.82) is 0 Å². The Morgan fingerprint density at radius 3 is 2.58 bits per heavy atom. The average Bonchev–Trinajstić information content (AvgIpc) is 3.15. The second-order valence-corrected chi connectivity index (χ2v) is 9.60. The Hall–Kier alpha value is -1.74. The minimum atomic E-state index is -3.54. The first-order valence-electron chi connectivity index (χ1n) is 8.54. The molecule has 1 aromatic heterocycles. The first kappa shape index (κ1) is 19.0. The van der Waals surface area contributed by atoms with Gasteiger partial charge in [-0.3, -0.25) is 4.79 Å². The lowest BCUT2D eigenvalue weighted by Crippen LogP contribution is -3.13. The SMILES string of the molecule is CN(C)S(=O)(=O)c1cccc(C(=O)N2CC[NH+](Cc3ccsc3)CC2)c1. The molecule has 0 aliphatic carbocycles. The Morgan fingerprint density at radius 2 is 1.96 bits per heavy atom. The predicted octanol–water partition coefficient (Wildman–Crippen LogP) is 0.539. The molecule has 0 saturated carbocycles. The summed E-state index contributed by atoms with van der Waals surface area (Å²) in [6.07, 6.45) is 0. The quantitative estimate of drug-likeness (QED) is 0.805. The summed E-state index contributed by atoms with van der Waals surface area (Å²) in [6, 6.07) is 8.45. The van der Waals surface area contributed by atoms with E-state index in [0.29, 0.717) is 18.7 Å². The number of quaternary nitrogens is 1. The molecule has 8 heteroatoms. The number of carbonyl (C=O) groups is 1. The number of hydrogen-bond donors (Lipinski definition) is 1. The van der Waals surface area contributed by atoms with Crippen LogP contribution in [0.1, 0.15) is 15.9 Å². The minimum Gasteiger partial charge on any atom is -0.328 e. The molecule has 1 aromatic carbocycles. The van der Waals surface area contributed by atoms with E-state index in [1.807, 2.05) is 4.90 Å². The molecule has 26 heavy (non-hydrogen) atoms. The van der Waals surface area contributed by atoms with Crippen molar-refractivity contribution in [2.24, 2.45) is 0 Å². The summed E-state index contributed by atoms with van der Waals surface area (Å²) in [7, 11) is -0.571. The summed E-state index contributed by atoms with van der Waals surface area (Å²) < 4.78 is 25.7. The van der Waals surface area contributed by atoms with Crippen LogP contribution >= 0.6 is 11.3 Å². The topological polar surface area (TPSA) is 62.1 Å². The van der Waals surface area contributed by atoms with Crippen LogP contribution < -0.4 is 4.90 Å². The number of carbonyl (C=O) groups excluding carboxylic acids is 1.